The first kappa shape index (κ1) is 15.2. The Morgan fingerprint density at radius 1 is 1.25 bits per heavy atom. The Labute approximate surface area is 121 Å². The summed E-state index contributed by atoms with van der Waals surface area (Å²) in [5, 5.41) is 1.23. The highest BCUT2D eigenvalue weighted by Gasteiger charge is 2.35. The third-order valence-corrected chi connectivity index (χ3v) is 5.04. The van der Waals surface area contributed by atoms with Crippen LogP contribution in [0.25, 0.3) is 6.08 Å². The summed E-state index contributed by atoms with van der Waals surface area (Å²) in [4.78, 5) is 0. The van der Waals surface area contributed by atoms with Crippen molar-refractivity contribution >= 4 is 16.1 Å². The Morgan fingerprint density at radius 3 is 2.40 bits per heavy atom. The van der Waals surface area contributed by atoms with E-state index in [0.717, 1.165) is 36.8 Å². The largest absolute Gasteiger partial charge is 0.329 e. The molecule has 0 atom stereocenters. The van der Waals surface area contributed by atoms with Crippen molar-refractivity contribution in [3.05, 3.63) is 40.8 Å². The van der Waals surface area contributed by atoms with Crippen molar-refractivity contribution < 1.29 is 8.42 Å². The topological polar surface area (TPSA) is 72.2 Å². The Balaban J connectivity index is 2.09. The van der Waals surface area contributed by atoms with E-state index in [4.69, 9.17) is 5.73 Å². The summed E-state index contributed by atoms with van der Waals surface area (Å²) >= 11 is 0. The van der Waals surface area contributed by atoms with Crippen molar-refractivity contribution in [1.29, 1.82) is 0 Å². The minimum Gasteiger partial charge on any atom is -0.329 e. The molecule has 1 aromatic rings. The van der Waals surface area contributed by atoms with E-state index >= 15 is 0 Å². The van der Waals surface area contributed by atoms with Gasteiger partial charge < -0.3 is 5.73 Å². The molecule has 0 bridgehead atoms. The maximum absolute atomic E-state index is 12.1. The van der Waals surface area contributed by atoms with E-state index in [2.05, 4.69) is 4.72 Å². The molecule has 1 aliphatic carbocycles. The van der Waals surface area contributed by atoms with E-state index in [1.165, 1.54) is 5.41 Å². The summed E-state index contributed by atoms with van der Waals surface area (Å²) in [6.45, 7) is 2.35. The maximum atomic E-state index is 12.1. The van der Waals surface area contributed by atoms with E-state index in [1.54, 1.807) is 6.08 Å². The van der Waals surface area contributed by atoms with Crippen molar-refractivity contribution in [2.45, 2.75) is 38.1 Å². The van der Waals surface area contributed by atoms with E-state index in [-0.39, 0.29) is 0 Å². The van der Waals surface area contributed by atoms with Crippen molar-refractivity contribution in [3.63, 3.8) is 0 Å². The lowest BCUT2D eigenvalue weighted by atomic mass is 10.0. The van der Waals surface area contributed by atoms with Crippen molar-refractivity contribution in [2.75, 3.05) is 6.54 Å². The van der Waals surface area contributed by atoms with Crippen LogP contribution in [0.5, 0.6) is 0 Å². The first-order chi connectivity index (χ1) is 9.45. The molecule has 0 amide bonds. The van der Waals surface area contributed by atoms with Gasteiger partial charge in [-0.1, -0.05) is 42.7 Å². The molecule has 0 spiro atoms. The Hall–Kier alpha value is -1.17. The second-order valence-electron chi connectivity index (χ2n) is 5.55. The van der Waals surface area contributed by atoms with Gasteiger partial charge in [0.25, 0.3) is 0 Å². The smallest absolute Gasteiger partial charge is 0.234 e. The maximum Gasteiger partial charge on any atom is 0.234 e. The first-order valence-electron chi connectivity index (χ1n) is 6.94. The van der Waals surface area contributed by atoms with Crippen LogP contribution >= 0.6 is 0 Å². The molecular weight excluding hydrogens is 272 g/mol. The predicted molar refractivity (Wildman–Crippen MR) is 82.5 cm³/mol. The normalized spacial score (nSPS) is 18.7. The van der Waals surface area contributed by atoms with Gasteiger partial charge in [0, 0.05) is 17.5 Å². The van der Waals surface area contributed by atoms with Crippen LogP contribution in [0.1, 0.15) is 36.8 Å². The van der Waals surface area contributed by atoms with Crippen LogP contribution in [-0.2, 0) is 10.0 Å². The molecule has 0 unspecified atom stereocenters. The summed E-state index contributed by atoms with van der Waals surface area (Å²) in [6, 6.07) is 7.71. The van der Waals surface area contributed by atoms with Gasteiger partial charge >= 0.3 is 0 Å². The van der Waals surface area contributed by atoms with E-state index in [9.17, 15) is 8.42 Å². The standard InChI is InChI=1S/C15H22N2O2S/c1-13-4-6-14(7-5-13)8-11-20(18,19)17-15(12-16)9-2-3-10-15/h4-8,11,17H,2-3,9-10,12,16H2,1H3. The number of nitrogens with one attached hydrogen (secondary N) is 1. The number of hydrogen-bond donors (Lipinski definition) is 2. The van der Waals surface area contributed by atoms with Crippen molar-refractivity contribution in [1.82, 2.24) is 4.72 Å². The molecule has 0 aromatic heterocycles. The minimum absolute atomic E-state index is 0.352. The fraction of sp³-hybridized carbons (Fsp3) is 0.467. The molecule has 0 aliphatic heterocycles. The van der Waals surface area contributed by atoms with E-state index in [1.807, 2.05) is 31.2 Å². The lowest BCUT2D eigenvalue weighted by Gasteiger charge is -2.27. The molecule has 0 saturated heterocycles. The first-order valence-corrected chi connectivity index (χ1v) is 8.48. The van der Waals surface area contributed by atoms with Gasteiger partial charge in [0.15, 0.2) is 0 Å². The molecular formula is C15H22N2O2S. The van der Waals surface area contributed by atoms with Gasteiger partial charge in [-0.3, -0.25) is 0 Å². The third-order valence-electron chi connectivity index (χ3n) is 3.83. The molecule has 1 saturated carbocycles. The number of aryl methyl sites for hydroxylation is 1. The molecule has 1 aliphatic rings. The molecule has 110 valence electrons. The molecule has 2 rings (SSSR count). The van der Waals surface area contributed by atoms with Crippen LogP contribution < -0.4 is 10.5 Å². The molecule has 1 aromatic carbocycles. The Kier molecular flexibility index (Phi) is 4.62. The molecule has 4 nitrogen and oxygen atoms in total. The zero-order valence-corrected chi connectivity index (χ0v) is 12.6. The van der Waals surface area contributed by atoms with Crippen LogP contribution in [0.15, 0.2) is 29.7 Å². The third kappa shape index (κ3) is 3.91. The fourth-order valence-corrected chi connectivity index (χ4v) is 3.88. The van der Waals surface area contributed by atoms with Crippen LogP contribution in [0.4, 0.5) is 0 Å². The predicted octanol–water partition coefficient (Wildman–Crippen LogP) is 2.16. The Bertz CT molecular complexity index is 570. The minimum atomic E-state index is -3.45. The van der Waals surface area contributed by atoms with Gasteiger partial charge in [-0.05, 0) is 31.4 Å². The zero-order valence-electron chi connectivity index (χ0n) is 11.8. The number of nitrogens with two attached hydrogens (primary N) is 1. The molecule has 20 heavy (non-hydrogen) atoms. The molecule has 0 radical (unpaired) electrons. The van der Waals surface area contributed by atoms with Gasteiger partial charge in [-0.2, -0.15) is 0 Å². The van der Waals surface area contributed by atoms with Crippen molar-refractivity contribution in [3.8, 4) is 0 Å². The van der Waals surface area contributed by atoms with Gasteiger partial charge in [0.05, 0.1) is 0 Å². The lowest BCUT2D eigenvalue weighted by molar-refractivity contribution is 0.402. The van der Waals surface area contributed by atoms with Crippen LogP contribution in [0, 0.1) is 6.92 Å². The highest BCUT2D eigenvalue weighted by atomic mass is 32.2. The summed E-state index contributed by atoms with van der Waals surface area (Å²) in [6.07, 6.45) is 5.31. The molecule has 1 fully saturated rings. The molecule has 0 heterocycles. The van der Waals surface area contributed by atoms with Crippen LogP contribution in [-0.4, -0.2) is 20.5 Å². The van der Waals surface area contributed by atoms with E-state index < -0.39 is 15.6 Å². The SMILES string of the molecule is Cc1ccc(C=CS(=O)(=O)NC2(CN)CCCC2)cc1. The number of hydrogen-bond acceptors (Lipinski definition) is 3. The highest BCUT2D eigenvalue weighted by molar-refractivity contribution is 7.92. The van der Waals surface area contributed by atoms with Gasteiger partial charge in [0.2, 0.25) is 10.0 Å². The van der Waals surface area contributed by atoms with Gasteiger partial charge in [-0.15, -0.1) is 0 Å². The second-order valence-corrected chi connectivity index (χ2v) is 7.12. The lowest BCUT2D eigenvalue weighted by Crippen LogP contribution is -2.50. The van der Waals surface area contributed by atoms with Gasteiger partial charge in [-0.25, -0.2) is 13.1 Å². The van der Waals surface area contributed by atoms with E-state index in [0.29, 0.717) is 6.54 Å². The average molecular weight is 294 g/mol. The van der Waals surface area contributed by atoms with Crippen molar-refractivity contribution in [2.24, 2.45) is 5.73 Å². The number of sulfonamides is 1. The summed E-state index contributed by atoms with van der Waals surface area (Å²) in [5.41, 5.74) is 7.32. The van der Waals surface area contributed by atoms with Crippen LogP contribution in [0.3, 0.4) is 0 Å². The quantitative estimate of drug-likeness (QED) is 0.874. The summed E-state index contributed by atoms with van der Waals surface area (Å²) in [7, 11) is -3.45. The summed E-state index contributed by atoms with van der Waals surface area (Å²) < 4.78 is 27.0. The molecule has 3 N–H and O–H groups in total. The monoisotopic (exact) mass is 294 g/mol. The zero-order chi connectivity index (χ0) is 14.6. The van der Waals surface area contributed by atoms with Gasteiger partial charge in [0.1, 0.15) is 0 Å². The van der Waals surface area contributed by atoms with Crippen LogP contribution in [0.2, 0.25) is 0 Å². The fourth-order valence-electron chi connectivity index (χ4n) is 2.58. The average Bonchev–Trinajstić information content (AvgIpc) is 2.87. The summed E-state index contributed by atoms with van der Waals surface area (Å²) in [5.74, 6) is 0. The highest BCUT2D eigenvalue weighted by Crippen LogP contribution is 2.29. The number of rotatable bonds is 5. The second kappa shape index (κ2) is 6.08. The number of benzene rings is 1. The molecule has 5 heteroatoms. The Morgan fingerprint density at radius 2 is 1.85 bits per heavy atom.